The summed E-state index contributed by atoms with van der Waals surface area (Å²) in [5.74, 6) is 2.06. The minimum absolute atomic E-state index is 0.509. The summed E-state index contributed by atoms with van der Waals surface area (Å²) in [6.45, 7) is 1.25. The molecule has 3 heterocycles. The van der Waals surface area contributed by atoms with Gasteiger partial charge in [0.15, 0.2) is 16.5 Å². The molecule has 3 aromatic heterocycles. The van der Waals surface area contributed by atoms with Gasteiger partial charge in [-0.2, -0.15) is 5.10 Å². The molecule has 32 heavy (non-hydrogen) atoms. The number of nitrogens with two attached hydrogens (primary N) is 1. The van der Waals surface area contributed by atoms with Gasteiger partial charge in [-0.05, 0) is 30.5 Å². The Morgan fingerprint density at radius 3 is 2.62 bits per heavy atom. The number of anilines is 1. The molecule has 1 aromatic carbocycles. The van der Waals surface area contributed by atoms with Crippen molar-refractivity contribution >= 4 is 28.6 Å². The number of benzene rings is 1. The van der Waals surface area contributed by atoms with E-state index in [0.717, 1.165) is 44.7 Å². The van der Waals surface area contributed by atoms with Crippen LogP contribution in [0.15, 0.2) is 53.8 Å². The SMILES string of the molecule is NCCSc1nc(NCc2ccc(-c3ccccn3)cc2)c2n[nH]c(C3CCCC3)c2n1. The van der Waals surface area contributed by atoms with E-state index < -0.39 is 0 Å². The fraction of sp³-hybridized carbons (Fsp3) is 0.333. The Hall–Kier alpha value is -2.97. The Kier molecular flexibility index (Phi) is 6.31. The number of thioether (sulfide) groups is 1. The topological polar surface area (TPSA) is 105 Å². The van der Waals surface area contributed by atoms with Gasteiger partial charge in [0.05, 0.1) is 11.4 Å². The van der Waals surface area contributed by atoms with Crippen LogP contribution in [-0.4, -0.2) is 37.4 Å². The molecule has 0 saturated heterocycles. The maximum Gasteiger partial charge on any atom is 0.190 e. The molecule has 1 saturated carbocycles. The summed E-state index contributed by atoms with van der Waals surface area (Å²) in [5, 5.41) is 12.1. The molecule has 164 valence electrons. The molecule has 1 aliphatic rings. The van der Waals surface area contributed by atoms with Gasteiger partial charge in [0.2, 0.25) is 0 Å². The second-order valence-electron chi connectivity index (χ2n) is 8.07. The molecule has 0 unspecified atom stereocenters. The lowest BCUT2D eigenvalue weighted by molar-refractivity contribution is 0.696. The summed E-state index contributed by atoms with van der Waals surface area (Å²) >= 11 is 1.59. The van der Waals surface area contributed by atoms with Gasteiger partial charge in [-0.25, -0.2) is 9.97 Å². The molecule has 7 nitrogen and oxygen atoms in total. The number of hydrogen-bond donors (Lipinski definition) is 3. The molecule has 1 fully saturated rings. The maximum absolute atomic E-state index is 5.71. The Bertz CT molecular complexity index is 1170. The van der Waals surface area contributed by atoms with Crippen molar-refractivity contribution in [2.75, 3.05) is 17.6 Å². The van der Waals surface area contributed by atoms with Crippen LogP contribution in [0.3, 0.4) is 0 Å². The maximum atomic E-state index is 5.71. The zero-order valence-corrected chi connectivity index (χ0v) is 18.7. The van der Waals surface area contributed by atoms with Crippen molar-refractivity contribution in [3.8, 4) is 11.3 Å². The lowest BCUT2D eigenvalue weighted by Crippen LogP contribution is -2.06. The van der Waals surface area contributed by atoms with Crippen molar-refractivity contribution in [2.45, 2.75) is 43.3 Å². The summed E-state index contributed by atoms with van der Waals surface area (Å²) in [6.07, 6.45) is 6.74. The summed E-state index contributed by atoms with van der Waals surface area (Å²) in [5.41, 5.74) is 11.9. The minimum Gasteiger partial charge on any atom is -0.364 e. The second-order valence-corrected chi connectivity index (χ2v) is 9.14. The third-order valence-corrected chi connectivity index (χ3v) is 6.77. The van der Waals surface area contributed by atoms with Crippen molar-refractivity contribution in [3.63, 3.8) is 0 Å². The van der Waals surface area contributed by atoms with Crippen LogP contribution < -0.4 is 11.1 Å². The van der Waals surface area contributed by atoms with E-state index in [1.807, 2.05) is 24.4 Å². The molecule has 4 N–H and O–H groups in total. The largest absolute Gasteiger partial charge is 0.364 e. The molecule has 0 aliphatic heterocycles. The molecule has 0 radical (unpaired) electrons. The summed E-state index contributed by atoms with van der Waals surface area (Å²) in [4.78, 5) is 14.0. The minimum atomic E-state index is 0.509. The first kappa shape index (κ1) is 20.9. The van der Waals surface area contributed by atoms with E-state index in [4.69, 9.17) is 15.7 Å². The zero-order chi connectivity index (χ0) is 21.8. The number of fused-ring (bicyclic) bond motifs is 1. The van der Waals surface area contributed by atoms with E-state index >= 15 is 0 Å². The third-order valence-electron chi connectivity index (χ3n) is 5.89. The number of rotatable bonds is 8. The van der Waals surface area contributed by atoms with Crippen LogP contribution in [-0.2, 0) is 6.54 Å². The van der Waals surface area contributed by atoms with Crippen LogP contribution in [0, 0.1) is 0 Å². The lowest BCUT2D eigenvalue weighted by Gasteiger charge is -2.10. The Balaban J connectivity index is 1.39. The van der Waals surface area contributed by atoms with Crippen LogP contribution in [0.4, 0.5) is 5.82 Å². The smallest absolute Gasteiger partial charge is 0.190 e. The van der Waals surface area contributed by atoms with Crippen molar-refractivity contribution in [1.29, 1.82) is 0 Å². The van der Waals surface area contributed by atoms with Crippen molar-refractivity contribution in [2.24, 2.45) is 5.73 Å². The number of pyridine rings is 1. The highest BCUT2D eigenvalue weighted by molar-refractivity contribution is 7.99. The fourth-order valence-electron chi connectivity index (χ4n) is 4.25. The number of aromatic amines is 1. The van der Waals surface area contributed by atoms with Crippen LogP contribution in [0.25, 0.3) is 22.3 Å². The normalized spacial score (nSPS) is 14.3. The van der Waals surface area contributed by atoms with E-state index in [0.29, 0.717) is 19.0 Å². The third kappa shape index (κ3) is 4.47. The fourth-order valence-corrected chi connectivity index (χ4v) is 4.86. The first-order chi connectivity index (χ1) is 15.8. The highest BCUT2D eigenvalue weighted by Gasteiger charge is 2.24. The number of H-pyrrole nitrogens is 1. The number of nitrogens with zero attached hydrogens (tertiary/aromatic N) is 4. The Morgan fingerprint density at radius 1 is 1.03 bits per heavy atom. The average molecular weight is 446 g/mol. The van der Waals surface area contributed by atoms with Gasteiger partial charge in [-0.1, -0.05) is 54.9 Å². The molecular formula is C24H27N7S. The van der Waals surface area contributed by atoms with Crippen molar-refractivity contribution in [3.05, 3.63) is 59.9 Å². The van der Waals surface area contributed by atoms with Gasteiger partial charge < -0.3 is 11.1 Å². The Morgan fingerprint density at radius 2 is 1.88 bits per heavy atom. The molecule has 5 rings (SSSR count). The summed E-state index contributed by atoms with van der Waals surface area (Å²) in [6, 6.07) is 14.4. The van der Waals surface area contributed by atoms with Gasteiger partial charge in [-0.3, -0.25) is 10.1 Å². The molecule has 0 amide bonds. The van der Waals surface area contributed by atoms with Gasteiger partial charge >= 0.3 is 0 Å². The summed E-state index contributed by atoms with van der Waals surface area (Å²) < 4.78 is 0. The van der Waals surface area contributed by atoms with Crippen LogP contribution in [0.1, 0.15) is 42.9 Å². The van der Waals surface area contributed by atoms with Crippen molar-refractivity contribution in [1.82, 2.24) is 25.1 Å². The van der Waals surface area contributed by atoms with E-state index in [1.54, 1.807) is 11.8 Å². The van der Waals surface area contributed by atoms with E-state index in [-0.39, 0.29) is 0 Å². The van der Waals surface area contributed by atoms with Crippen LogP contribution >= 0.6 is 11.8 Å². The van der Waals surface area contributed by atoms with Gasteiger partial charge in [0, 0.05) is 36.5 Å². The lowest BCUT2D eigenvalue weighted by atomic mass is 10.0. The van der Waals surface area contributed by atoms with E-state index in [9.17, 15) is 0 Å². The second kappa shape index (κ2) is 9.67. The molecule has 0 atom stereocenters. The predicted molar refractivity (Wildman–Crippen MR) is 130 cm³/mol. The van der Waals surface area contributed by atoms with E-state index in [2.05, 4.69) is 44.8 Å². The monoisotopic (exact) mass is 445 g/mol. The standard InChI is InChI=1S/C24H27N7S/c25-12-14-32-24-28-21-20(18-5-1-2-6-18)30-31-22(21)23(29-24)27-15-16-8-10-17(11-9-16)19-7-3-4-13-26-19/h3-4,7-11,13,18H,1-2,5-6,12,14-15,25H2,(H,30,31)(H,27,28,29). The number of nitrogens with one attached hydrogen (secondary N) is 2. The van der Waals surface area contributed by atoms with Gasteiger partial charge in [0.25, 0.3) is 0 Å². The van der Waals surface area contributed by atoms with Crippen molar-refractivity contribution < 1.29 is 0 Å². The van der Waals surface area contributed by atoms with E-state index in [1.165, 1.54) is 31.2 Å². The molecule has 4 aromatic rings. The zero-order valence-electron chi connectivity index (χ0n) is 17.9. The molecule has 0 bridgehead atoms. The highest BCUT2D eigenvalue weighted by atomic mass is 32.2. The number of aromatic nitrogens is 5. The van der Waals surface area contributed by atoms with Gasteiger partial charge in [0.1, 0.15) is 5.52 Å². The average Bonchev–Trinajstić information content (AvgIpc) is 3.52. The first-order valence-electron chi connectivity index (χ1n) is 11.1. The molecular weight excluding hydrogens is 418 g/mol. The summed E-state index contributed by atoms with van der Waals surface area (Å²) in [7, 11) is 0. The van der Waals surface area contributed by atoms with Crippen LogP contribution in [0.2, 0.25) is 0 Å². The Labute approximate surface area is 191 Å². The molecule has 8 heteroatoms. The van der Waals surface area contributed by atoms with Crippen LogP contribution in [0.5, 0.6) is 0 Å². The van der Waals surface area contributed by atoms with Gasteiger partial charge in [-0.15, -0.1) is 0 Å². The predicted octanol–water partition coefficient (Wildman–Crippen LogP) is 4.74. The number of hydrogen-bond acceptors (Lipinski definition) is 7. The molecule has 1 aliphatic carbocycles. The highest BCUT2D eigenvalue weighted by Crippen LogP contribution is 2.37. The quantitative estimate of drug-likeness (QED) is 0.266. The molecule has 0 spiro atoms. The first-order valence-corrected chi connectivity index (χ1v) is 12.1.